The molecule has 11 heteroatoms. The van der Waals surface area contributed by atoms with Crippen LogP contribution in [0.25, 0.3) is 0 Å². The quantitative estimate of drug-likeness (QED) is 0.151. The zero-order chi connectivity index (χ0) is 25.3. The first-order valence-corrected chi connectivity index (χ1v) is 10.4. The number of amides is 1. The second-order valence-electron chi connectivity index (χ2n) is 7.50. The number of rotatable bonds is 8. The predicted molar refractivity (Wildman–Crippen MR) is 128 cm³/mol. The first-order chi connectivity index (χ1) is 16.1. The predicted octanol–water partition coefficient (Wildman–Crippen LogP) is 2.43. The van der Waals surface area contributed by atoms with Crippen LogP contribution >= 0.6 is 0 Å². The van der Waals surface area contributed by atoms with E-state index in [0.29, 0.717) is 30.2 Å². The van der Waals surface area contributed by atoms with Crippen molar-refractivity contribution in [3.63, 3.8) is 0 Å². The van der Waals surface area contributed by atoms with Gasteiger partial charge in [-0.15, -0.1) is 0 Å². The molecule has 1 aliphatic rings. The Kier molecular flexibility index (Phi) is 9.77. The number of nitrogen functional groups attached to an aromatic ring is 1. The molecular weight excluding hydrogens is 446 g/mol. The Hall–Kier alpha value is -3.70. The maximum atomic E-state index is 13.0. The minimum Gasteiger partial charge on any atom is -0.488 e. The molecule has 0 spiro atoms. The van der Waals surface area contributed by atoms with E-state index in [9.17, 15) is 13.6 Å². The molecule has 1 fully saturated rings. The first-order valence-electron chi connectivity index (χ1n) is 10.4. The van der Waals surface area contributed by atoms with Gasteiger partial charge in [0, 0.05) is 30.6 Å². The van der Waals surface area contributed by atoms with Crippen LogP contribution in [0.1, 0.15) is 17.3 Å². The van der Waals surface area contributed by atoms with Crippen LogP contribution in [-0.4, -0.2) is 56.1 Å². The minimum absolute atomic E-state index is 0.154. The summed E-state index contributed by atoms with van der Waals surface area (Å²) in [5, 5.41) is 8.66. The zero-order valence-corrected chi connectivity index (χ0v) is 19.1. The summed E-state index contributed by atoms with van der Waals surface area (Å²) in [4.78, 5) is 13.4. The summed E-state index contributed by atoms with van der Waals surface area (Å²) in [6.45, 7) is 2.61. The molecule has 0 radical (unpaired) electrons. The second-order valence-corrected chi connectivity index (χ2v) is 7.50. The Morgan fingerprint density at radius 1 is 1.24 bits per heavy atom. The number of allylic oxidation sites excluding steroid dienone is 1. The van der Waals surface area contributed by atoms with Crippen LogP contribution < -0.4 is 27.1 Å². The number of nitrogens with one attached hydrogen (secondary N) is 1. The van der Waals surface area contributed by atoms with Crippen molar-refractivity contribution in [2.45, 2.75) is 13.1 Å². The fourth-order valence-corrected chi connectivity index (χ4v) is 2.74. The number of ether oxygens (including phenoxy) is 2. The molecule has 1 aliphatic heterocycles. The number of anilines is 2. The van der Waals surface area contributed by atoms with Crippen LogP contribution in [0.2, 0.25) is 0 Å². The van der Waals surface area contributed by atoms with Gasteiger partial charge in [0.2, 0.25) is 0 Å². The van der Waals surface area contributed by atoms with E-state index in [2.05, 4.69) is 0 Å². The summed E-state index contributed by atoms with van der Waals surface area (Å²) in [6.07, 6.45) is 0.521. The molecule has 184 valence electrons. The Labute approximate surface area is 197 Å². The number of halogens is 2. The fraction of sp³-hybridized carbons (Fsp3) is 0.304. The highest BCUT2D eigenvalue weighted by atomic mass is 19.1. The monoisotopic (exact) mass is 476 g/mol. The van der Waals surface area contributed by atoms with Gasteiger partial charge in [-0.3, -0.25) is 9.80 Å². The SMILES string of the molecule is CC(=N)/C(N)=C/N(N)c1ccc(C(=O)N2CC(F)C2)cc1.COCCOc1cc(N)ccc1F. The number of carbonyl (C=O) groups is 1. The van der Waals surface area contributed by atoms with Gasteiger partial charge in [-0.25, -0.2) is 14.6 Å². The Morgan fingerprint density at radius 3 is 2.44 bits per heavy atom. The molecule has 34 heavy (non-hydrogen) atoms. The Bertz CT molecular complexity index is 1010. The molecule has 0 atom stereocenters. The van der Waals surface area contributed by atoms with E-state index in [1.165, 1.54) is 34.3 Å². The van der Waals surface area contributed by atoms with Gasteiger partial charge in [0.15, 0.2) is 11.6 Å². The molecule has 0 aliphatic carbocycles. The molecule has 1 amide bonds. The van der Waals surface area contributed by atoms with E-state index in [1.807, 2.05) is 0 Å². The highest BCUT2D eigenvalue weighted by Crippen LogP contribution is 2.20. The molecule has 1 heterocycles. The lowest BCUT2D eigenvalue weighted by Crippen LogP contribution is -2.51. The van der Waals surface area contributed by atoms with Crippen LogP contribution in [0.15, 0.2) is 54.4 Å². The van der Waals surface area contributed by atoms with Gasteiger partial charge in [0.05, 0.1) is 36.8 Å². The van der Waals surface area contributed by atoms with Crippen molar-refractivity contribution in [3.8, 4) is 5.75 Å². The van der Waals surface area contributed by atoms with Crippen molar-refractivity contribution in [2.75, 3.05) is 44.2 Å². The smallest absolute Gasteiger partial charge is 0.254 e. The highest BCUT2D eigenvalue weighted by Gasteiger charge is 2.30. The molecule has 0 bridgehead atoms. The number of carbonyl (C=O) groups excluding carboxylic acids is 1. The summed E-state index contributed by atoms with van der Waals surface area (Å²) in [5.74, 6) is 5.37. The molecule has 2 aromatic rings. The zero-order valence-electron chi connectivity index (χ0n) is 19.1. The number of nitrogens with two attached hydrogens (primary N) is 3. The molecule has 2 aromatic carbocycles. The lowest BCUT2D eigenvalue weighted by molar-refractivity contribution is 0.0400. The molecule has 1 saturated heterocycles. The van der Waals surface area contributed by atoms with E-state index >= 15 is 0 Å². The van der Waals surface area contributed by atoms with Crippen molar-refractivity contribution >= 4 is 23.0 Å². The number of benzene rings is 2. The van der Waals surface area contributed by atoms with Gasteiger partial charge < -0.3 is 31.3 Å². The van der Waals surface area contributed by atoms with E-state index < -0.39 is 12.0 Å². The van der Waals surface area contributed by atoms with Gasteiger partial charge in [-0.05, 0) is 43.3 Å². The number of methoxy groups -OCH3 is 1. The number of hydrogen-bond donors (Lipinski definition) is 4. The topological polar surface area (TPSA) is 144 Å². The third kappa shape index (κ3) is 7.71. The average molecular weight is 477 g/mol. The van der Waals surface area contributed by atoms with Crippen LogP contribution in [0.4, 0.5) is 20.2 Å². The van der Waals surface area contributed by atoms with Crippen molar-refractivity contribution in [1.82, 2.24) is 4.90 Å². The molecule has 0 saturated carbocycles. The summed E-state index contributed by atoms with van der Waals surface area (Å²) < 4.78 is 35.6. The standard InChI is InChI=1S/C14H18FN5O.C9H12FNO2/c1-9(16)13(17)8-20(18)12-4-2-10(3-5-12)14(21)19-6-11(15)7-19;1-12-4-5-13-9-6-7(11)2-3-8(9)10/h2-5,8,11,16H,6-7,17-18H2,1H3;2-3,6H,4-5,11H2,1H3/b13-8-,16-9?;. The van der Waals surface area contributed by atoms with Crippen LogP contribution in [0.5, 0.6) is 5.75 Å². The lowest BCUT2D eigenvalue weighted by atomic mass is 10.1. The molecule has 0 unspecified atom stereocenters. The Balaban J connectivity index is 0.000000270. The summed E-state index contributed by atoms with van der Waals surface area (Å²) in [6, 6.07) is 10.8. The number of likely N-dealkylation sites (tertiary alicyclic amines) is 1. The number of nitrogens with zero attached hydrogens (tertiary/aromatic N) is 2. The Morgan fingerprint density at radius 2 is 1.88 bits per heavy atom. The van der Waals surface area contributed by atoms with Crippen LogP contribution in [-0.2, 0) is 4.74 Å². The average Bonchev–Trinajstić information content (AvgIpc) is 2.79. The van der Waals surface area contributed by atoms with E-state index in [0.717, 1.165) is 0 Å². The van der Waals surface area contributed by atoms with Crippen molar-refractivity contribution in [2.24, 2.45) is 11.6 Å². The van der Waals surface area contributed by atoms with Gasteiger partial charge in [-0.1, -0.05) is 0 Å². The normalized spacial score (nSPS) is 13.4. The van der Waals surface area contributed by atoms with Crippen LogP contribution in [0.3, 0.4) is 0 Å². The van der Waals surface area contributed by atoms with E-state index in [-0.39, 0.29) is 36.2 Å². The summed E-state index contributed by atoms with van der Waals surface area (Å²) in [7, 11) is 1.55. The number of alkyl halides is 1. The van der Waals surface area contributed by atoms with Crippen LogP contribution in [0, 0.1) is 11.2 Å². The summed E-state index contributed by atoms with van der Waals surface area (Å²) >= 11 is 0. The lowest BCUT2D eigenvalue weighted by Gasteiger charge is -2.34. The molecule has 3 rings (SSSR count). The largest absolute Gasteiger partial charge is 0.488 e. The fourth-order valence-electron chi connectivity index (χ4n) is 2.74. The highest BCUT2D eigenvalue weighted by molar-refractivity contribution is 5.96. The molecule has 7 N–H and O–H groups in total. The molecular formula is C23H30F2N6O3. The second kappa shape index (κ2) is 12.5. The third-order valence-corrected chi connectivity index (χ3v) is 4.75. The number of hydrazine groups is 1. The van der Waals surface area contributed by atoms with Gasteiger partial charge in [0.25, 0.3) is 5.91 Å². The first kappa shape index (κ1) is 26.6. The van der Waals surface area contributed by atoms with E-state index in [1.54, 1.807) is 38.3 Å². The third-order valence-electron chi connectivity index (χ3n) is 4.75. The van der Waals surface area contributed by atoms with E-state index in [4.69, 9.17) is 32.2 Å². The van der Waals surface area contributed by atoms with Gasteiger partial charge in [0.1, 0.15) is 12.8 Å². The maximum absolute atomic E-state index is 13.0. The van der Waals surface area contributed by atoms with Crippen molar-refractivity contribution in [1.29, 1.82) is 5.41 Å². The number of hydrogen-bond acceptors (Lipinski definition) is 8. The molecule has 0 aromatic heterocycles. The maximum Gasteiger partial charge on any atom is 0.254 e. The summed E-state index contributed by atoms with van der Waals surface area (Å²) in [5.41, 5.74) is 13.2. The van der Waals surface area contributed by atoms with Crippen molar-refractivity contribution < 1.29 is 23.0 Å². The minimum atomic E-state index is -0.912. The van der Waals surface area contributed by atoms with Gasteiger partial charge >= 0.3 is 0 Å². The van der Waals surface area contributed by atoms with Gasteiger partial charge in [-0.2, -0.15) is 0 Å². The van der Waals surface area contributed by atoms with Crippen molar-refractivity contribution in [3.05, 3.63) is 65.7 Å². The molecule has 9 nitrogen and oxygen atoms in total.